The third kappa shape index (κ3) is 10.9. The molecule has 5 fully saturated rings. The van der Waals surface area contributed by atoms with E-state index in [1.165, 1.54) is 53.3 Å². The van der Waals surface area contributed by atoms with E-state index in [0.29, 0.717) is 43.1 Å². The molecule has 0 radical (unpaired) electrons. The SMILES string of the molecule is CC(C)c1ccccc1[C@@H]1CN(Cc2ccc(OC3CC3)cc2)CCN1C1CC2(C1)CN(c1ccc(C(=O)NS(=O)(=O)c3ccc(NC[C@H]4CC[C@](C)(O)CC4)c([N+](=O)[O-])c3)c(Oc3cnc4[nH]cc(F)c4c3)c1)C2. The van der Waals surface area contributed by atoms with Gasteiger partial charge in [0.15, 0.2) is 0 Å². The number of anilines is 2. The van der Waals surface area contributed by atoms with Crippen LogP contribution in [0.25, 0.3) is 11.0 Å². The number of nitro benzene ring substituents is 1. The van der Waals surface area contributed by atoms with Crippen LogP contribution >= 0.6 is 0 Å². The molecule has 6 aromatic rings. The number of carbonyl (C=O) groups excluding carboxylic acids is 1. The van der Waals surface area contributed by atoms with Gasteiger partial charge in [-0.05, 0) is 129 Å². The lowest BCUT2D eigenvalue weighted by atomic mass is 9.59. The van der Waals surface area contributed by atoms with Crippen molar-refractivity contribution in [2.45, 2.75) is 113 Å². The van der Waals surface area contributed by atoms with E-state index < -0.39 is 42.9 Å². The number of nitrogens with zero attached hydrogens (tertiary/aromatic N) is 5. The first-order valence-electron chi connectivity index (χ1n) is 26.3. The molecule has 3 saturated carbocycles. The predicted octanol–water partition coefficient (Wildman–Crippen LogP) is 10.1. The molecular weight excluding hydrogens is 976 g/mol. The molecule has 3 aliphatic carbocycles. The van der Waals surface area contributed by atoms with E-state index in [-0.39, 0.29) is 45.5 Å². The number of hydrogen-bond donors (Lipinski definition) is 4. The second-order valence-corrected chi connectivity index (χ2v) is 24.0. The number of H-pyrrole nitrogens is 1. The number of hydrogen-bond acceptors (Lipinski definition) is 13. The lowest BCUT2D eigenvalue weighted by molar-refractivity contribution is -0.384. The summed E-state index contributed by atoms with van der Waals surface area (Å²) < 4.78 is 56.8. The number of nitro groups is 1. The number of aliphatic hydroxyl groups is 1. The Balaban J connectivity index is 0.786. The Kier molecular flexibility index (Phi) is 13.6. The van der Waals surface area contributed by atoms with Gasteiger partial charge in [-0.3, -0.25) is 24.7 Å². The normalized spacial score (nSPS) is 22.2. The molecule has 2 aliphatic heterocycles. The van der Waals surface area contributed by atoms with Crippen LogP contribution < -0.4 is 24.4 Å². The minimum Gasteiger partial charge on any atom is -0.490 e. The average Bonchev–Trinajstić information content (AvgIpc) is 4.15. The largest absolute Gasteiger partial charge is 0.490 e. The molecule has 4 heterocycles. The summed E-state index contributed by atoms with van der Waals surface area (Å²) in [6.07, 6.45) is 10.0. The van der Waals surface area contributed by atoms with E-state index in [2.05, 4.69) is 97.1 Å². The molecule has 4 aromatic carbocycles. The van der Waals surface area contributed by atoms with E-state index in [1.807, 2.05) is 0 Å². The van der Waals surface area contributed by atoms with Crippen LogP contribution in [0.5, 0.6) is 17.2 Å². The van der Waals surface area contributed by atoms with Crippen LogP contribution in [0, 0.1) is 27.3 Å². The van der Waals surface area contributed by atoms with Gasteiger partial charge in [-0.25, -0.2) is 22.5 Å². The highest BCUT2D eigenvalue weighted by molar-refractivity contribution is 7.90. The maximum Gasteiger partial charge on any atom is 0.293 e. The molecule has 4 N–H and O–H groups in total. The zero-order valence-corrected chi connectivity index (χ0v) is 43.5. The number of rotatable bonds is 17. The van der Waals surface area contributed by atoms with Gasteiger partial charge in [0.25, 0.3) is 21.6 Å². The molecule has 11 rings (SSSR count). The first kappa shape index (κ1) is 50.6. The van der Waals surface area contributed by atoms with Crippen LogP contribution in [0.1, 0.15) is 111 Å². The van der Waals surface area contributed by atoms with Crippen molar-refractivity contribution >= 4 is 44.0 Å². The molecule has 75 heavy (non-hydrogen) atoms. The molecule has 1 spiro atoms. The molecule has 18 heteroatoms. The van der Waals surface area contributed by atoms with E-state index in [4.69, 9.17) is 9.47 Å². The van der Waals surface area contributed by atoms with Crippen molar-refractivity contribution in [2.75, 3.05) is 49.5 Å². The maximum atomic E-state index is 14.7. The van der Waals surface area contributed by atoms with Gasteiger partial charge in [0, 0.05) is 87.3 Å². The van der Waals surface area contributed by atoms with Crippen LogP contribution in [0.2, 0.25) is 0 Å². The Morgan fingerprint density at radius 2 is 1.73 bits per heavy atom. The van der Waals surface area contributed by atoms with Crippen molar-refractivity contribution in [1.29, 1.82) is 0 Å². The summed E-state index contributed by atoms with van der Waals surface area (Å²) in [5, 5.41) is 25.8. The second-order valence-electron chi connectivity index (χ2n) is 22.3. The minimum absolute atomic E-state index is 0.0200. The Morgan fingerprint density at radius 1 is 0.973 bits per heavy atom. The highest BCUT2D eigenvalue weighted by Gasteiger charge is 2.55. The monoisotopic (exact) mass is 1040 g/mol. The zero-order chi connectivity index (χ0) is 52.2. The highest BCUT2D eigenvalue weighted by atomic mass is 32.2. The predicted molar refractivity (Wildman–Crippen MR) is 284 cm³/mol. The van der Waals surface area contributed by atoms with Gasteiger partial charge < -0.3 is 29.8 Å². The van der Waals surface area contributed by atoms with Crippen LogP contribution in [0.3, 0.4) is 0 Å². The van der Waals surface area contributed by atoms with E-state index in [0.717, 1.165) is 95.3 Å². The van der Waals surface area contributed by atoms with Crippen LogP contribution in [0.15, 0.2) is 108 Å². The van der Waals surface area contributed by atoms with Gasteiger partial charge >= 0.3 is 0 Å². The third-order valence-corrected chi connectivity index (χ3v) is 17.6. The van der Waals surface area contributed by atoms with Crippen molar-refractivity contribution < 1.29 is 37.1 Å². The van der Waals surface area contributed by atoms with Crippen molar-refractivity contribution in [3.63, 3.8) is 0 Å². The number of pyridine rings is 1. The van der Waals surface area contributed by atoms with Gasteiger partial charge in [-0.1, -0.05) is 50.2 Å². The standard InChI is InChI=1S/C57H65FN8O8S/c1-36(2)45-6-4-5-7-46(45)52-33-63(32-38-8-11-41(12-9-38)73-42-13-14-42)22-23-65(52)40-27-57(28-40)34-64(35-57)39-10-16-47(53(24-39)74-43-25-48-49(58)31-61-54(48)60-30-43)55(67)62-75(71,72)44-15-17-50(51(26-44)66(69)70)59-29-37-18-20-56(3,68)21-19-37/h4-12,15-17,24-26,30-31,36-37,40,42,52,59,68H,13-14,18-23,27-29,32-35H2,1-3H3,(H,60,61)(H,62,67)/t37-,52-,56-/m0/s1. The number of piperazine rings is 1. The number of fused-ring (bicyclic) bond motifs is 1. The maximum absolute atomic E-state index is 14.7. The van der Waals surface area contributed by atoms with Crippen molar-refractivity contribution in [3.05, 3.63) is 142 Å². The Morgan fingerprint density at radius 3 is 2.47 bits per heavy atom. The molecule has 1 amide bonds. The number of halogens is 1. The number of nitrogens with one attached hydrogen (secondary N) is 3. The summed E-state index contributed by atoms with van der Waals surface area (Å²) in [6.45, 7) is 12.1. The molecule has 0 unspecified atom stereocenters. The van der Waals surface area contributed by atoms with Crippen LogP contribution in [0.4, 0.5) is 21.5 Å². The summed E-state index contributed by atoms with van der Waals surface area (Å²) in [6, 6.07) is 28.0. The summed E-state index contributed by atoms with van der Waals surface area (Å²) in [5.74, 6) is 0.0896. The topological polar surface area (TPSA) is 195 Å². The molecule has 394 valence electrons. The van der Waals surface area contributed by atoms with Gasteiger partial charge in [-0.2, -0.15) is 0 Å². The minimum atomic E-state index is -4.64. The number of aromatic amines is 1. The first-order valence-corrected chi connectivity index (χ1v) is 27.8. The highest BCUT2D eigenvalue weighted by Crippen LogP contribution is 2.54. The van der Waals surface area contributed by atoms with Gasteiger partial charge in [0.2, 0.25) is 0 Å². The molecule has 0 bridgehead atoms. The number of benzene rings is 4. The fourth-order valence-corrected chi connectivity index (χ4v) is 12.8. The Labute approximate surface area is 436 Å². The van der Waals surface area contributed by atoms with Crippen molar-refractivity contribution in [2.24, 2.45) is 11.3 Å². The molecule has 2 saturated heterocycles. The molecule has 16 nitrogen and oxygen atoms in total. The Bertz CT molecular complexity index is 3210. The van der Waals surface area contributed by atoms with Crippen molar-refractivity contribution in [3.8, 4) is 17.2 Å². The van der Waals surface area contributed by atoms with Gasteiger partial charge in [-0.15, -0.1) is 0 Å². The van der Waals surface area contributed by atoms with E-state index >= 15 is 0 Å². The number of aromatic nitrogens is 2. The fourth-order valence-electron chi connectivity index (χ4n) is 11.8. The molecule has 2 aromatic heterocycles. The average molecular weight is 1040 g/mol. The van der Waals surface area contributed by atoms with Crippen LogP contribution in [-0.4, -0.2) is 101 Å². The number of amides is 1. The number of ether oxygens (including phenoxy) is 2. The lowest BCUT2D eigenvalue weighted by Crippen LogP contribution is -2.68. The number of sulfonamides is 1. The summed E-state index contributed by atoms with van der Waals surface area (Å²) in [4.78, 5) is 39.8. The summed E-state index contributed by atoms with van der Waals surface area (Å²) in [5.41, 5.74) is 4.07. The summed E-state index contributed by atoms with van der Waals surface area (Å²) in [7, 11) is -4.64. The first-order chi connectivity index (χ1) is 36.0. The van der Waals surface area contributed by atoms with Crippen LogP contribution in [-0.2, 0) is 16.6 Å². The fraction of sp³-hybridized carbons (Fsp3) is 0.439. The second kappa shape index (κ2) is 20.2. The molecule has 1 atom stereocenters. The Hall–Kier alpha value is -6.60. The third-order valence-electron chi connectivity index (χ3n) is 16.2. The van der Waals surface area contributed by atoms with Gasteiger partial charge in [0.1, 0.15) is 34.4 Å². The summed E-state index contributed by atoms with van der Waals surface area (Å²) >= 11 is 0. The van der Waals surface area contributed by atoms with Gasteiger partial charge in [0.05, 0.1) is 38.7 Å². The lowest BCUT2D eigenvalue weighted by Gasteiger charge is -2.63. The number of carbonyl (C=O) groups is 1. The van der Waals surface area contributed by atoms with Crippen molar-refractivity contribution in [1.82, 2.24) is 24.5 Å². The van der Waals surface area contributed by atoms with E-state index in [1.54, 1.807) is 19.1 Å². The molecular formula is C57H65FN8O8S. The quantitative estimate of drug-likeness (QED) is 0.0498. The zero-order valence-electron chi connectivity index (χ0n) is 42.6. The molecule has 5 aliphatic rings. The van der Waals surface area contributed by atoms with E-state index in [9.17, 15) is 32.8 Å². The smallest absolute Gasteiger partial charge is 0.293 e.